The monoisotopic (exact) mass is 570 g/mol. The highest BCUT2D eigenvalue weighted by atomic mass is 16.6. The van der Waals surface area contributed by atoms with E-state index in [9.17, 15) is 0 Å². The van der Waals surface area contributed by atoms with Gasteiger partial charge in [-0.3, -0.25) is 0 Å². The van der Waals surface area contributed by atoms with E-state index < -0.39 is 0 Å². The molecule has 1 heterocycles. The summed E-state index contributed by atoms with van der Waals surface area (Å²) in [5.41, 5.74) is 10.4. The molecule has 214 valence electrons. The van der Waals surface area contributed by atoms with Crippen LogP contribution in [0.15, 0.2) is 176 Å². The van der Waals surface area contributed by atoms with Crippen molar-refractivity contribution in [1.29, 1.82) is 0 Å². The van der Waals surface area contributed by atoms with E-state index in [1.165, 1.54) is 33.6 Å². The third-order valence-electron chi connectivity index (χ3n) is 7.98. The number of nitrogens with zero attached hydrogens (tertiary/aromatic N) is 2. The highest BCUT2D eigenvalue weighted by Gasteiger charge is 2.26. The topological polar surface area (TPSA) is 19.0 Å². The summed E-state index contributed by atoms with van der Waals surface area (Å²) in [6.07, 6.45) is 2.55. The first kappa shape index (κ1) is 27.5. The van der Waals surface area contributed by atoms with E-state index in [4.69, 9.17) is 4.74 Å². The second kappa shape index (κ2) is 12.9. The minimum atomic E-state index is 0.299. The molecule has 3 heteroatoms. The fourth-order valence-electron chi connectivity index (χ4n) is 5.56. The van der Waals surface area contributed by atoms with E-state index in [1.807, 2.05) is 0 Å². The van der Waals surface area contributed by atoms with Gasteiger partial charge in [-0.25, -0.2) is 0 Å². The predicted molar refractivity (Wildman–Crippen MR) is 184 cm³/mol. The lowest BCUT2D eigenvalue weighted by molar-refractivity contribution is 0.411. The number of epoxide rings is 1. The van der Waals surface area contributed by atoms with Crippen molar-refractivity contribution in [1.82, 2.24) is 0 Å². The van der Waals surface area contributed by atoms with Crippen molar-refractivity contribution in [2.45, 2.75) is 6.10 Å². The van der Waals surface area contributed by atoms with Gasteiger partial charge in [0.05, 0.1) is 19.3 Å². The van der Waals surface area contributed by atoms with Gasteiger partial charge in [0.1, 0.15) is 0 Å². The Bertz CT molecular complexity index is 1760. The molecule has 6 aromatic rings. The molecule has 0 aliphatic carbocycles. The first-order valence-electron chi connectivity index (χ1n) is 15.1. The molecule has 0 N–H and O–H groups in total. The van der Waals surface area contributed by atoms with Crippen LogP contribution in [0.25, 0.3) is 16.7 Å². The third kappa shape index (κ3) is 6.34. The standard InChI is InChI=1S/C41H34N2O/c1-5-13-34(14-6-1)41(35-15-7-2-8-16-35)30-43(37-19-11-4-12-20-37)39-27-23-33(24-28-39)32-21-25-38(26-22-32)42(29-40-31-44-40)36-17-9-3-10-18-36/h1-28,30,40H,29,31H2. The second-order valence-corrected chi connectivity index (χ2v) is 11.0. The van der Waals surface area contributed by atoms with Gasteiger partial charge in [0.15, 0.2) is 0 Å². The lowest BCUT2D eigenvalue weighted by Crippen LogP contribution is -2.22. The van der Waals surface area contributed by atoms with Gasteiger partial charge in [-0.15, -0.1) is 0 Å². The Morgan fingerprint density at radius 3 is 1.36 bits per heavy atom. The Labute approximate surface area is 259 Å². The molecule has 44 heavy (non-hydrogen) atoms. The number of hydrogen-bond donors (Lipinski definition) is 0. The molecule has 0 amide bonds. The summed E-state index contributed by atoms with van der Waals surface area (Å²) in [7, 11) is 0. The Morgan fingerprint density at radius 1 is 0.500 bits per heavy atom. The summed E-state index contributed by atoms with van der Waals surface area (Å²) in [5.74, 6) is 0. The van der Waals surface area contributed by atoms with Crippen LogP contribution >= 0.6 is 0 Å². The Morgan fingerprint density at radius 2 is 0.886 bits per heavy atom. The van der Waals surface area contributed by atoms with Gasteiger partial charge >= 0.3 is 0 Å². The van der Waals surface area contributed by atoms with Crippen LogP contribution in [0.3, 0.4) is 0 Å². The summed E-state index contributed by atoms with van der Waals surface area (Å²) in [4.78, 5) is 4.62. The third-order valence-corrected chi connectivity index (χ3v) is 7.98. The van der Waals surface area contributed by atoms with E-state index >= 15 is 0 Å². The lowest BCUT2D eigenvalue weighted by atomic mass is 9.98. The molecule has 3 nitrogen and oxygen atoms in total. The number of ether oxygens (including phenoxy) is 1. The smallest absolute Gasteiger partial charge is 0.0988 e. The molecule has 0 radical (unpaired) electrons. The summed E-state index contributed by atoms with van der Waals surface area (Å²) >= 11 is 0. The van der Waals surface area contributed by atoms with Gasteiger partial charge in [-0.05, 0) is 70.8 Å². The van der Waals surface area contributed by atoms with Crippen LogP contribution in [0.1, 0.15) is 11.1 Å². The first-order chi connectivity index (χ1) is 21.8. The molecular formula is C41H34N2O. The molecule has 1 saturated heterocycles. The molecular weight excluding hydrogens is 536 g/mol. The van der Waals surface area contributed by atoms with E-state index in [0.29, 0.717) is 6.10 Å². The summed E-state index contributed by atoms with van der Waals surface area (Å²) in [5, 5.41) is 0. The van der Waals surface area contributed by atoms with E-state index in [1.54, 1.807) is 0 Å². The summed E-state index contributed by atoms with van der Waals surface area (Å²) < 4.78 is 5.56. The minimum Gasteiger partial charge on any atom is -0.371 e. The summed E-state index contributed by atoms with van der Waals surface area (Å²) in [6, 6.07) is 60.0. The molecule has 1 unspecified atom stereocenters. The molecule has 0 bridgehead atoms. The maximum atomic E-state index is 5.56. The van der Waals surface area contributed by atoms with E-state index in [2.05, 4.69) is 186 Å². The molecule has 0 saturated carbocycles. The molecule has 6 aromatic carbocycles. The SMILES string of the molecule is C(=C(c1ccccc1)c1ccccc1)N(c1ccccc1)c1ccc(-c2ccc(N(CC3CO3)c3ccccc3)cc2)cc1. The van der Waals surface area contributed by atoms with Crippen molar-refractivity contribution in [3.8, 4) is 11.1 Å². The van der Waals surface area contributed by atoms with Gasteiger partial charge in [0.2, 0.25) is 0 Å². The quantitative estimate of drug-likeness (QED) is 0.153. The fourth-order valence-corrected chi connectivity index (χ4v) is 5.56. The Kier molecular flexibility index (Phi) is 8.03. The highest BCUT2D eigenvalue weighted by Crippen LogP contribution is 2.34. The Hall–Kier alpha value is -5.38. The van der Waals surface area contributed by atoms with E-state index in [0.717, 1.165) is 30.1 Å². The minimum absolute atomic E-state index is 0.299. The normalized spacial score (nSPS) is 13.6. The Balaban J connectivity index is 1.21. The van der Waals surface area contributed by atoms with Crippen molar-refractivity contribution >= 4 is 28.3 Å². The first-order valence-corrected chi connectivity index (χ1v) is 15.1. The molecule has 1 aliphatic heterocycles. The van der Waals surface area contributed by atoms with E-state index in [-0.39, 0.29) is 0 Å². The van der Waals surface area contributed by atoms with Crippen LogP contribution in [0.5, 0.6) is 0 Å². The van der Waals surface area contributed by atoms with Crippen LogP contribution in [-0.4, -0.2) is 19.3 Å². The fraction of sp³-hybridized carbons (Fsp3) is 0.0732. The molecule has 0 spiro atoms. The molecule has 1 atom stereocenters. The van der Waals surface area contributed by atoms with Crippen molar-refractivity contribution in [3.63, 3.8) is 0 Å². The number of anilines is 4. The van der Waals surface area contributed by atoms with Crippen LogP contribution in [0, 0.1) is 0 Å². The number of rotatable bonds is 10. The molecule has 0 aromatic heterocycles. The average molecular weight is 571 g/mol. The van der Waals surface area contributed by atoms with Gasteiger partial charge in [0.25, 0.3) is 0 Å². The molecule has 1 aliphatic rings. The predicted octanol–water partition coefficient (Wildman–Crippen LogP) is 10.1. The van der Waals surface area contributed by atoms with Crippen LogP contribution in [0.4, 0.5) is 22.7 Å². The molecule has 7 rings (SSSR count). The van der Waals surface area contributed by atoms with Gasteiger partial charge < -0.3 is 14.5 Å². The van der Waals surface area contributed by atoms with Crippen LogP contribution in [-0.2, 0) is 4.74 Å². The zero-order valence-electron chi connectivity index (χ0n) is 24.5. The summed E-state index contributed by atoms with van der Waals surface area (Å²) in [6.45, 7) is 1.69. The number of benzene rings is 6. The van der Waals surface area contributed by atoms with Crippen molar-refractivity contribution in [2.24, 2.45) is 0 Å². The van der Waals surface area contributed by atoms with Crippen LogP contribution < -0.4 is 9.80 Å². The maximum absolute atomic E-state index is 5.56. The average Bonchev–Trinajstić information content (AvgIpc) is 3.94. The maximum Gasteiger partial charge on any atom is 0.0988 e. The zero-order chi connectivity index (χ0) is 29.6. The van der Waals surface area contributed by atoms with Gasteiger partial charge in [0, 0.05) is 34.5 Å². The van der Waals surface area contributed by atoms with Gasteiger partial charge in [-0.2, -0.15) is 0 Å². The molecule has 1 fully saturated rings. The van der Waals surface area contributed by atoms with Crippen LogP contribution in [0.2, 0.25) is 0 Å². The number of hydrogen-bond acceptors (Lipinski definition) is 3. The van der Waals surface area contributed by atoms with Crippen molar-refractivity contribution < 1.29 is 4.74 Å². The second-order valence-electron chi connectivity index (χ2n) is 11.0. The van der Waals surface area contributed by atoms with Gasteiger partial charge in [-0.1, -0.05) is 121 Å². The highest BCUT2D eigenvalue weighted by molar-refractivity contribution is 5.84. The van der Waals surface area contributed by atoms with Crippen molar-refractivity contribution in [3.05, 3.63) is 187 Å². The lowest BCUT2D eigenvalue weighted by Gasteiger charge is -2.25. The van der Waals surface area contributed by atoms with Crippen molar-refractivity contribution in [2.75, 3.05) is 23.0 Å². The zero-order valence-corrected chi connectivity index (χ0v) is 24.5. The number of para-hydroxylation sites is 2. The largest absolute Gasteiger partial charge is 0.371 e.